The van der Waals surface area contributed by atoms with Crippen molar-refractivity contribution in [2.45, 2.75) is 70.9 Å². The van der Waals surface area contributed by atoms with Gasteiger partial charge in [-0.2, -0.15) is 0 Å². The molecule has 1 saturated carbocycles. The van der Waals surface area contributed by atoms with Gasteiger partial charge in [0.25, 0.3) is 0 Å². The van der Waals surface area contributed by atoms with Gasteiger partial charge in [-0.3, -0.25) is 14.7 Å². The van der Waals surface area contributed by atoms with Crippen molar-refractivity contribution in [2.75, 3.05) is 39.8 Å². The molecular formula is C21H40IN5O. The van der Waals surface area contributed by atoms with E-state index in [2.05, 4.69) is 39.3 Å². The van der Waals surface area contributed by atoms with Crippen LogP contribution in [0.4, 0.5) is 0 Å². The third-order valence-corrected chi connectivity index (χ3v) is 6.78. The monoisotopic (exact) mass is 505 g/mol. The number of likely N-dealkylation sites (tertiary alicyclic amines) is 2. The zero-order chi connectivity index (χ0) is 19.2. The molecule has 3 aliphatic rings. The van der Waals surface area contributed by atoms with Gasteiger partial charge in [0, 0.05) is 44.7 Å². The second-order valence-corrected chi connectivity index (χ2v) is 8.92. The molecule has 0 radical (unpaired) electrons. The van der Waals surface area contributed by atoms with Gasteiger partial charge in [0.05, 0.1) is 0 Å². The van der Waals surface area contributed by atoms with Gasteiger partial charge in [-0.1, -0.05) is 19.8 Å². The first-order chi connectivity index (χ1) is 13.1. The number of carbonyl (C=O) groups is 1. The molecule has 0 aromatic heterocycles. The molecule has 3 fully saturated rings. The van der Waals surface area contributed by atoms with Gasteiger partial charge in [0.2, 0.25) is 5.91 Å². The van der Waals surface area contributed by atoms with Crippen LogP contribution in [0.3, 0.4) is 0 Å². The van der Waals surface area contributed by atoms with Crippen LogP contribution in [0.15, 0.2) is 4.99 Å². The second kappa shape index (κ2) is 11.6. The summed E-state index contributed by atoms with van der Waals surface area (Å²) in [6.45, 7) is 9.67. The van der Waals surface area contributed by atoms with Gasteiger partial charge in [-0.25, -0.2) is 0 Å². The Morgan fingerprint density at radius 3 is 2.43 bits per heavy atom. The van der Waals surface area contributed by atoms with Crippen LogP contribution in [-0.4, -0.2) is 73.5 Å². The Bertz CT molecular complexity index is 515. The highest BCUT2D eigenvalue weighted by Gasteiger charge is 2.32. The Labute approximate surface area is 188 Å². The minimum absolute atomic E-state index is 0. The van der Waals surface area contributed by atoms with E-state index in [1.165, 1.54) is 38.8 Å². The lowest BCUT2D eigenvalue weighted by molar-refractivity contribution is -0.134. The Morgan fingerprint density at radius 2 is 1.79 bits per heavy atom. The highest BCUT2D eigenvalue weighted by molar-refractivity contribution is 14.0. The van der Waals surface area contributed by atoms with Crippen molar-refractivity contribution in [1.82, 2.24) is 20.4 Å². The molecule has 6 nitrogen and oxygen atoms in total. The minimum atomic E-state index is 0. The molecule has 0 spiro atoms. The fourth-order valence-corrected chi connectivity index (χ4v) is 4.74. The number of nitrogens with one attached hydrogen (secondary N) is 2. The van der Waals surface area contributed by atoms with Crippen molar-refractivity contribution in [3.05, 3.63) is 0 Å². The number of nitrogens with zero attached hydrogens (tertiary/aromatic N) is 3. The molecular weight excluding hydrogens is 465 g/mol. The Hall–Kier alpha value is -0.570. The number of halogens is 1. The summed E-state index contributed by atoms with van der Waals surface area (Å²) in [5.74, 6) is 2.41. The van der Waals surface area contributed by atoms with Crippen molar-refractivity contribution >= 4 is 35.8 Å². The lowest BCUT2D eigenvalue weighted by atomic mass is 9.98. The smallest absolute Gasteiger partial charge is 0.225 e. The Kier molecular flexibility index (Phi) is 9.80. The van der Waals surface area contributed by atoms with Gasteiger partial charge in [-0.15, -0.1) is 24.0 Å². The van der Waals surface area contributed by atoms with E-state index in [1.54, 1.807) is 0 Å². The lowest BCUT2D eigenvalue weighted by Gasteiger charge is -2.35. The van der Waals surface area contributed by atoms with Crippen LogP contribution in [0.25, 0.3) is 0 Å². The van der Waals surface area contributed by atoms with Gasteiger partial charge < -0.3 is 15.5 Å². The predicted molar refractivity (Wildman–Crippen MR) is 126 cm³/mol. The number of piperidine rings is 1. The van der Waals surface area contributed by atoms with Crippen molar-refractivity contribution in [3.63, 3.8) is 0 Å². The van der Waals surface area contributed by atoms with Crippen LogP contribution in [0.2, 0.25) is 0 Å². The fraction of sp³-hybridized carbons (Fsp3) is 0.905. The van der Waals surface area contributed by atoms with E-state index >= 15 is 0 Å². The van der Waals surface area contributed by atoms with Gasteiger partial charge in [-0.05, 0) is 58.0 Å². The highest BCUT2D eigenvalue weighted by atomic mass is 127. The van der Waals surface area contributed by atoms with Crippen LogP contribution in [0.5, 0.6) is 0 Å². The fourth-order valence-electron chi connectivity index (χ4n) is 4.74. The van der Waals surface area contributed by atoms with Crippen LogP contribution < -0.4 is 10.6 Å². The zero-order valence-corrected chi connectivity index (χ0v) is 20.3. The largest absolute Gasteiger partial charge is 0.355 e. The molecule has 0 aromatic rings. The molecule has 0 aromatic carbocycles. The number of amides is 1. The minimum Gasteiger partial charge on any atom is -0.355 e. The second-order valence-electron chi connectivity index (χ2n) is 8.92. The quantitative estimate of drug-likeness (QED) is 0.343. The van der Waals surface area contributed by atoms with Gasteiger partial charge >= 0.3 is 0 Å². The highest BCUT2D eigenvalue weighted by Crippen LogP contribution is 2.27. The summed E-state index contributed by atoms with van der Waals surface area (Å²) < 4.78 is 0. The first-order valence-corrected chi connectivity index (χ1v) is 11.1. The standard InChI is InChI=1S/C21H39N5O.HI/c1-16-8-11-25(12-9-16)17(2)14-23-21(22-3)24-19-10-13-26(15-19)20(27)18-6-4-5-7-18;/h16-19H,4-15H2,1-3H3,(H2,22,23,24);1H. The van der Waals surface area contributed by atoms with Gasteiger partial charge in [0.15, 0.2) is 5.96 Å². The third kappa shape index (κ3) is 6.47. The van der Waals surface area contributed by atoms with E-state index in [4.69, 9.17) is 0 Å². The van der Waals surface area contributed by atoms with Crippen molar-refractivity contribution in [3.8, 4) is 0 Å². The number of guanidine groups is 1. The number of hydrogen-bond donors (Lipinski definition) is 2. The van der Waals surface area contributed by atoms with Crippen molar-refractivity contribution in [1.29, 1.82) is 0 Å². The van der Waals surface area contributed by atoms with Gasteiger partial charge in [0.1, 0.15) is 0 Å². The summed E-state index contributed by atoms with van der Waals surface area (Å²) in [7, 11) is 1.83. The van der Waals surface area contributed by atoms with Crippen LogP contribution >= 0.6 is 24.0 Å². The maximum Gasteiger partial charge on any atom is 0.225 e. The third-order valence-electron chi connectivity index (χ3n) is 6.78. The molecule has 2 N–H and O–H groups in total. The molecule has 2 saturated heterocycles. The first-order valence-electron chi connectivity index (χ1n) is 11.1. The Balaban J connectivity index is 0.00000280. The van der Waals surface area contributed by atoms with Crippen molar-refractivity contribution in [2.24, 2.45) is 16.8 Å². The van der Waals surface area contributed by atoms with E-state index in [-0.39, 0.29) is 29.9 Å². The van der Waals surface area contributed by atoms with E-state index in [9.17, 15) is 4.79 Å². The molecule has 2 aliphatic heterocycles. The van der Waals surface area contributed by atoms with Crippen LogP contribution in [-0.2, 0) is 4.79 Å². The average Bonchev–Trinajstić information content (AvgIpc) is 3.37. The molecule has 2 heterocycles. The summed E-state index contributed by atoms with van der Waals surface area (Å²) in [4.78, 5) is 21.7. The summed E-state index contributed by atoms with van der Waals surface area (Å²) in [5, 5.41) is 7.03. The van der Waals surface area contributed by atoms with Crippen LogP contribution in [0, 0.1) is 11.8 Å². The molecule has 2 atom stereocenters. The summed E-state index contributed by atoms with van der Waals surface area (Å²) >= 11 is 0. The summed E-state index contributed by atoms with van der Waals surface area (Å²) in [5.41, 5.74) is 0. The SMILES string of the molecule is CN=C(NCC(C)N1CCC(C)CC1)NC1CCN(C(=O)C2CCCC2)C1.I. The maximum atomic E-state index is 12.6. The van der Waals surface area contributed by atoms with Crippen LogP contribution in [0.1, 0.15) is 58.8 Å². The first kappa shape index (κ1) is 23.7. The van der Waals surface area contributed by atoms with E-state index in [0.29, 0.717) is 18.0 Å². The molecule has 0 bridgehead atoms. The molecule has 7 heteroatoms. The van der Waals surface area contributed by atoms with E-state index < -0.39 is 0 Å². The number of aliphatic imine (C=N–C) groups is 1. The zero-order valence-electron chi connectivity index (χ0n) is 18.0. The van der Waals surface area contributed by atoms with E-state index in [1.807, 2.05) is 7.05 Å². The lowest BCUT2D eigenvalue weighted by Crippen LogP contribution is -2.50. The summed E-state index contributed by atoms with van der Waals surface area (Å²) in [6.07, 6.45) is 8.24. The number of carbonyl (C=O) groups excluding carboxylic acids is 1. The Morgan fingerprint density at radius 1 is 1.11 bits per heavy atom. The molecule has 28 heavy (non-hydrogen) atoms. The normalized spacial score (nSPS) is 26.2. The predicted octanol–water partition coefficient (Wildman–Crippen LogP) is 2.68. The number of rotatable bonds is 5. The van der Waals surface area contributed by atoms with E-state index in [0.717, 1.165) is 50.8 Å². The molecule has 1 amide bonds. The molecule has 1 aliphatic carbocycles. The number of hydrogen-bond acceptors (Lipinski definition) is 3. The maximum absolute atomic E-state index is 12.6. The molecule has 162 valence electrons. The average molecular weight is 505 g/mol. The molecule has 3 rings (SSSR count). The summed E-state index contributed by atoms with van der Waals surface area (Å²) in [6, 6.07) is 0.827. The topological polar surface area (TPSA) is 60.0 Å². The van der Waals surface area contributed by atoms with Crippen molar-refractivity contribution < 1.29 is 4.79 Å². The molecule has 2 unspecified atom stereocenters.